The zero-order valence-corrected chi connectivity index (χ0v) is 16.1. The molecule has 2 saturated heterocycles. The van der Waals surface area contributed by atoms with Crippen molar-refractivity contribution in [3.05, 3.63) is 65.7 Å². The largest absolute Gasteiger partial charge is 0.338 e. The van der Waals surface area contributed by atoms with Gasteiger partial charge in [0.15, 0.2) is 0 Å². The Morgan fingerprint density at radius 1 is 0.964 bits per heavy atom. The molecule has 2 unspecified atom stereocenters. The molecule has 2 aromatic carbocycles. The summed E-state index contributed by atoms with van der Waals surface area (Å²) < 4.78 is 0. The van der Waals surface area contributed by atoms with Gasteiger partial charge in [0.25, 0.3) is 11.8 Å². The summed E-state index contributed by atoms with van der Waals surface area (Å²) in [6, 6.07) is 16.4. The highest BCUT2D eigenvalue weighted by atomic mass is 16.2. The number of nitrogens with zero attached hydrogens (tertiary/aromatic N) is 1. The van der Waals surface area contributed by atoms with E-state index in [0.29, 0.717) is 23.0 Å². The number of likely N-dealkylation sites (tertiary alicyclic amines) is 1. The van der Waals surface area contributed by atoms with Crippen molar-refractivity contribution in [2.45, 2.75) is 19.3 Å². The fraction of sp³-hybridized carbons (Fsp3) is 0.391. The van der Waals surface area contributed by atoms with Crippen LogP contribution in [0.5, 0.6) is 0 Å². The van der Waals surface area contributed by atoms with Gasteiger partial charge in [-0.25, -0.2) is 0 Å². The molecule has 0 bridgehead atoms. The summed E-state index contributed by atoms with van der Waals surface area (Å²) in [7, 11) is 0. The second-order valence-electron chi connectivity index (χ2n) is 7.81. The van der Waals surface area contributed by atoms with Crippen LogP contribution in [0.3, 0.4) is 0 Å². The molecular weight excluding hydrogens is 350 g/mol. The predicted molar refractivity (Wildman–Crippen MR) is 110 cm³/mol. The monoisotopic (exact) mass is 377 g/mol. The number of nitrogens with one attached hydrogen (secondary N) is 2. The molecule has 2 aromatic rings. The molecule has 5 heteroatoms. The Morgan fingerprint density at radius 3 is 2.57 bits per heavy atom. The second-order valence-corrected chi connectivity index (χ2v) is 7.81. The summed E-state index contributed by atoms with van der Waals surface area (Å²) in [6.07, 6.45) is 3.47. The minimum absolute atomic E-state index is 0.0324. The first-order chi connectivity index (χ1) is 13.7. The van der Waals surface area contributed by atoms with Gasteiger partial charge in [0.05, 0.1) is 0 Å². The standard InChI is InChI=1S/C23H27N3O2/c27-22(25-21-9-2-1-3-10-21)17-6-4-7-18(14-17)23(28)26-13-5-8-20(16-26)19-11-12-24-15-19/h1-4,6-7,9-10,14,19-20,24H,5,8,11-13,15-16H2,(H,25,27). The Hall–Kier alpha value is -2.66. The second kappa shape index (κ2) is 8.57. The van der Waals surface area contributed by atoms with Gasteiger partial charge in [-0.3, -0.25) is 9.59 Å². The molecule has 0 aromatic heterocycles. The molecule has 2 heterocycles. The van der Waals surface area contributed by atoms with E-state index in [1.165, 1.54) is 12.8 Å². The average Bonchev–Trinajstić information content (AvgIpc) is 3.29. The fourth-order valence-corrected chi connectivity index (χ4v) is 4.36. The van der Waals surface area contributed by atoms with Crippen molar-refractivity contribution >= 4 is 17.5 Å². The van der Waals surface area contributed by atoms with Crippen LogP contribution in [0.25, 0.3) is 0 Å². The van der Waals surface area contributed by atoms with Crippen LogP contribution in [-0.2, 0) is 0 Å². The van der Waals surface area contributed by atoms with Crippen molar-refractivity contribution < 1.29 is 9.59 Å². The molecule has 2 atom stereocenters. The lowest BCUT2D eigenvalue weighted by atomic mass is 9.84. The van der Waals surface area contributed by atoms with Crippen molar-refractivity contribution in [2.75, 3.05) is 31.5 Å². The van der Waals surface area contributed by atoms with Crippen LogP contribution < -0.4 is 10.6 Å². The van der Waals surface area contributed by atoms with Gasteiger partial charge < -0.3 is 15.5 Å². The third-order valence-electron chi connectivity index (χ3n) is 5.91. The van der Waals surface area contributed by atoms with E-state index in [2.05, 4.69) is 10.6 Å². The lowest BCUT2D eigenvalue weighted by molar-refractivity contribution is 0.0634. The number of piperidine rings is 1. The predicted octanol–water partition coefficient (Wildman–Crippen LogP) is 3.40. The van der Waals surface area contributed by atoms with E-state index in [0.717, 1.165) is 38.3 Å². The first-order valence-electron chi connectivity index (χ1n) is 10.2. The van der Waals surface area contributed by atoms with Crippen LogP contribution in [0.15, 0.2) is 54.6 Å². The summed E-state index contributed by atoms with van der Waals surface area (Å²) in [5.74, 6) is 1.09. The third kappa shape index (κ3) is 4.25. The highest BCUT2D eigenvalue weighted by Crippen LogP contribution is 2.28. The van der Waals surface area contributed by atoms with Crippen LogP contribution in [0.1, 0.15) is 40.0 Å². The zero-order chi connectivity index (χ0) is 19.3. The number of anilines is 1. The quantitative estimate of drug-likeness (QED) is 0.858. The molecule has 4 rings (SSSR count). The van der Waals surface area contributed by atoms with Crippen LogP contribution in [0, 0.1) is 11.8 Å². The highest BCUT2D eigenvalue weighted by Gasteiger charge is 2.31. The van der Waals surface area contributed by atoms with Crippen LogP contribution >= 0.6 is 0 Å². The number of amides is 2. The molecule has 2 amide bonds. The molecule has 0 spiro atoms. The number of carbonyl (C=O) groups is 2. The number of benzene rings is 2. The maximum Gasteiger partial charge on any atom is 0.255 e. The van der Waals surface area contributed by atoms with E-state index in [1.807, 2.05) is 41.3 Å². The SMILES string of the molecule is O=C(Nc1ccccc1)c1cccc(C(=O)N2CCCC(C3CCNC3)C2)c1. The maximum absolute atomic E-state index is 13.1. The molecule has 2 fully saturated rings. The molecule has 2 aliphatic rings. The zero-order valence-electron chi connectivity index (χ0n) is 16.1. The molecular formula is C23H27N3O2. The van der Waals surface area contributed by atoms with Gasteiger partial charge in [0, 0.05) is 29.9 Å². The van der Waals surface area contributed by atoms with E-state index in [4.69, 9.17) is 0 Å². The van der Waals surface area contributed by atoms with Crippen molar-refractivity contribution in [1.82, 2.24) is 10.2 Å². The van der Waals surface area contributed by atoms with E-state index in [9.17, 15) is 9.59 Å². The Morgan fingerprint density at radius 2 is 1.79 bits per heavy atom. The lowest BCUT2D eigenvalue weighted by Crippen LogP contribution is -2.42. The molecule has 0 aliphatic carbocycles. The number of para-hydroxylation sites is 1. The third-order valence-corrected chi connectivity index (χ3v) is 5.91. The Labute approximate surface area is 166 Å². The summed E-state index contributed by atoms with van der Waals surface area (Å²) in [6.45, 7) is 3.79. The molecule has 146 valence electrons. The van der Waals surface area contributed by atoms with Gasteiger partial charge in [-0.2, -0.15) is 0 Å². The molecule has 28 heavy (non-hydrogen) atoms. The van der Waals surface area contributed by atoms with E-state index in [-0.39, 0.29) is 11.8 Å². The van der Waals surface area contributed by atoms with Gasteiger partial charge in [-0.1, -0.05) is 24.3 Å². The van der Waals surface area contributed by atoms with Crippen molar-refractivity contribution in [3.63, 3.8) is 0 Å². The van der Waals surface area contributed by atoms with Gasteiger partial charge in [0.2, 0.25) is 0 Å². The van der Waals surface area contributed by atoms with Gasteiger partial charge >= 0.3 is 0 Å². The molecule has 2 aliphatic heterocycles. The topological polar surface area (TPSA) is 61.4 Å². The maximum atomic E-state index is 13.1. The fourth-order valence-electron chi connectivity index (χ4n) is 4.36. The van der Waals surface area contributed by atoms with E-state index in [1.54, 1.807) is 18.2 Å². The van der Waals surface area contributed by atoms with Crippen molar-refractivity contribution in [3.8, 4) is 0 Å². The van der Waals surface area contributed by atoms with Crippen molar-refractivity contribution in [2.24, 2.45) is 11.8 Å². The number of hydrogen-bond acceptors (Lipinski definition) is 3. The molecule has 5 nitrogen and oxygen atoms in total. The summed E-state index contributed by atoms with van der Waals surface area (Å²) in [5.41, 5.74) is 1.84. The van der Waals surface area contributed by atoms with Crippen LogP contribution in [0.2, 0.25) is 0 Å². The molecule has 0 saturated carbocycles. The summed E-state index contributed by atoms with van der Waals surface area (Å²) in [4.78, 5) is 27.6. The smallest absolute Gasteiger partial charge is 0.255 e. The number of carbonyl (C=O) groups excluding carboxylic acids is 2. The number of hydrogen-bond donors (Lipinski definition) is 2. The normalized spacial score (nSPS) is 22.1. The summed E-state index contributed by atoms with van der Waals surface area (Å²) in [5, 5.41) is 6.31. The first kappa shape index (κ1) is 18.7. The van der Waals surface area contributed by atoms with Gasteiger partial charge in [-0.05, 0) is 74.5 Å². The lowest BCUT2D eigenvalue weighted by Gasteiger charge is -2.35. The van der Waals surface area contributed by atoms with Gasteiger partial charge in [-0.15, -0.1) is 0 Å². The van der Waals surface area contributed by atoms with Crippen LogP contribution in [-0.4, -0.2) is 42.9 Å². The average molecular weight is 377 g/mol. The first-order valence-corrected chi connectivity index (χ1v) is 10.2. The number of rotatable bonds is 4. The minimum atomic E-state index is -0.200. The van der Waals surface area contributed by atoms with Crippen molar-refractivity contribution in [1.29, 1.82) is 0 Å². The van der Waals surface area contributed by atoms with Crippen LogP contribution in [0.4, 0.5) is 5.69 Å². The highest BCUT2D eigenvalue weighted by molar-refractivity contribution is 6.06. The molecule has 2 N–H and O–H groups in total. The van der Waals surface area contributed by atoms with E-state index >= 15 is 0 Å². The summed E-state index contributed by atoms with van der Waals surface area (Å²) >= 11 is 0. The minimum Gasteiger partial charge on any atom is -0.338 e. The van der Waals surface area contributed by atoms with Gasteiger partial charge in [0.1, 0.15) is 0 Å². The molecule has 0 radical (unpaired) electrons. The Balaban J connectivity index is 1.44. The Kier molecular flexibility index (Phi) is 5.72. The Bertz CT molecular complexity index is 831. The van der Waals surface area contributed by atoms with E-state index < -0.39 is 0 Å².